The van der Waals surface area contributed by atoms with Crippen molar-refractivity contribution in [3.8, 4) is 0 Å². The Morgan fingerprint density at radius 1 is 1.33 bits per heavy atom. The van der Waals surface area contributed by atoms with Crippen LogP contribution < -0.4 is 10.6 Å². The zero-order valence-corrected chi connectivity index (χ0v) is 14.5. The highest BCUT2D eigenvalue weighted by molar-refractivity contribution is 6.03. The lowest BCUT2D eigenvalue weighted by Crippen LogP contribution is -2.30. The number of rotatable bonds is 3. The topological polar surface area (TPSA) is 71.8 Å². The maximum absolute atomic E-state index is 13.6. The van der Waals surface area contributed by atoms with Gasteiger partial charge in [-0.2, -0.15) is 0 Å². The standard InChI is InChI=1S/C16H20FN5O.ClH/c1-10-3-4-12(9-14(10)17)19-16(23)15-11(2)22(21-20-15)13-5-7-18-8-6-13;/h3-4,9,13,18H,5-8H2,1-2H3,(H,19,23);1H. The number of carbonyl (C=O) groups is 1. The van der Waals surface area contributed by atoms with Gasteiger partial charge >= 0.3 is 0 Å². The summed E-state index contributed by atoms with van der Waals surface area (Å²) in [5.74, 6) is -0.719. The van der Waals surface area contributed by atoms with Crippen LogP contribution in [0.3, 0.4) is 0 Å². The molecule has 3 rings (SSSR count). The van der Waals surface area contributed by atoms with E-state index in [4.69, 9.17) is 0 Å². The van der Waals surface area contributed by atoms with E-state index in [9.17, 15) is 9.18 Å². The van der Waals surface area contributed by atoms with Crippen LogP contribution in [0.2, 0.25) is 0 Å². The molecule has 2 heterocycles. The summed E-state index contributed by atoms with van der Waals surface area (Å²) in [6.45, 7) is 5.39. The minimum Gasteiger partial charge on any atom is -0.320 e. The third-order valence-corrected chi connectivity index (χ3v) is 4.23. The number of aryl methyl sites for hydroxylation is 1. The normalized spacial score (nSPS) is 15.0. The number of hydrogen-bond donors (Lipinski definition) is 2. The molecular weight excluding hydrogens is 333 g/mol. The van der Waals surface area contributed by atoms with Crippen molar-refractivity contribution in [2.24, 2.45) is 0 Å². The number of halogens is 2. The molecule has 0 radical (unpaired) electrons. The van der Waals surface area contributed by atoms with Gasteiger partial charge in [0.05, 0.1) is 11.7 Å². The molecule has 1 saturated heterocycles. The van der Waals surface area contributed by atoms with Gasteiger partial charge in [0.1, 0.15) is 5.82 Å². The van der Waals surface area contributed by atoms with Crippen LogP contribution >= 0.6 is 12.4 Å². The molecule has 1 amide bonds. The fraction of sp³-hybridized carbons (Fsp3) is 0.438. The number of piperidine rings is 1. The molecule has 0 spiro atoms. The molecule has 0 atom stereocenters. The number of carbonyl (C=O) groups excluding carboxylic acids is 1. The summed E-state index contributed by atoms with van der Waals surface area (Å²) in [6.07, 6.45) is 1.93. The Bertz CT molecular complexity index is 727. The van der Waals surface area contributed by atoms with Gasteiger partial charge in [-0.15, -0.1) is 17.5 Å². The van der Waals surface area contributed by atoms with E-state index >= 15 is 0 Å². The predicted octanol–water partition coefficient (Wildman–Crippen LogP) is 2.63. The number of aromatic nitrogens is 3. The van der Waals surface area contributed by atoms with Crippen LogP contribution in [0.25, 0.3) is 0 Å². The van der Waals surface area contributed by atoms with Crippen molar-refractivity contribution in [3.63, 3.8) is 0 Å². The second-order valence-electron chi connectivity index (χ2n) is 5.87. The smallest absolute Gasteiger partial charge is 0.278 e. The van der Waals surface area contributed by atoms with Crippen molar-refractivity contribution < 1.29 is 9.18 Å². The molecule has 1 aromatic heterocycles. The molecule has 6 nitrogen and oxygen atoms in total. The number of hydrogen-bond acceptors (Lipinski definition) is 4. The zero-order valence-electron chi connectivity index (χ0n) is 13.7. The van der Waals surface area contributed by atoms with Crippen LogP contribution in [0.15, 0.2) is 18.2 Å². The molecule has 8 heteroatoms. The molecule has 0 unspecified atom stereocenters. The van der Waals surface area contributed by atoms with Gasteiger partial charge in [0.15, 0.2) is 5.69 Å². The predicted molar refractivity (Wildman–Crippen MR) is 92.2 cm³/mol. The first kappa shape index (κ1) is 18.4. The van der Waals surface area contributed by atoms with Gasteiger partial charge in [0.25, 0.3) is 5.91 Å². The Hall–Kier alpha value is -1.99. The molecule has 2 N–H and O–H groups in total. The quantitative estimate of drug-likeness (QED) is 0.889. The number of amides is 1. The summed E-state index contributed by atoms with van der Waals surface area (Å²) in [5.41, 5.74) is 1.97. The summed E-state index contributed by atoms with van der Waals surface area (Å²) >= 11 is 0. The molecule has 2 aromatic rings. The van der Waals surface area contributed by atoms with Gasteiger partial charge in [0, 0.05) is 5.69 Å². The first-order chi connectivity index (χ1) is 11.1. The maximum Gasteiger partial charge on any atom is 0.278 e. The van der Waals surface area contributed by atoms with Crippen molar-refractivity contribution in [2.75, 3.05) is 18.4 Å². The first-order valence-electron chi connectivity index (χ1n) is 7.76. The summed E-state index contributed by atoms with van der Waals surface area (Å²) in [7, 11) is 0. The van der Waals surface area contributed by atoms with Crippen LogP contribution in [-0.4, -0.2) is 34.0 Å². The molecule has 1 aliphatic heterocycles. The number of nitrogens with one attached hydrogen (secondary N) is 2. The lowest BCUT2D eigenvalue weighted by atomic mass is 10.1. The Kier molecular flexibility index (Phi) is 5.90. The van der Waals surface area contributed by atoms with E-state index in [0.717, 1.165) is 31.6 Å². The van der Waals surface area contributed by atoms with Crippen molar-refractivity contribution in [1.82, 2.24) is 20.3 Å². The summed E-state index contributed by atoms with van der Waals surface area (Å²) < 4.78 is 15.4. The highest BCUT2D eigenvalue weighted by Gasteiger charge is 2.23. The van der Waals surface area contributed by atoms with Gasteiger partial charge in [-0.1, -0.05) is 11.3 Å². The van der Waals surface area contributed by atoms with Crippen molar-refractivity contribution >= 4 is 24.0 Å². The van der Waals surface area contributed by atoms with E-state index < -0.39 is 0 Å². The van der Waals surface area contributed by atoms with Crippen LogP contribution in [0.4, 0.5) is 10.1 Å². The monoisotopic (exact) mass is 353 g/mol. The molecular formula is C16H21ClFN5O. The van der Waals surface area contributed by atoms with E-state index in [1.54, 1.807) is 19.1 Å². The van der Waals surface area contributed by atoms with Gasteiger partial charge < -0.3 is 10.6 Å². The number of anilines is 1. The number of benzene rings is 1. The third-order valence-electron chi connectivity index (χ3n) is 4.23. The highest BCUT2D eigenvalue weighted by atomic mass is 35.5. The third kappa shape index (κ3) is 3.73. The molecule has 0 bridgehead atoms. The van der Waals surface area contributed by atoms with E-state index in [-0.39, 0.29) is 35.9 Å². The Balaban J connectivity index is 0.00000208. The first-order valence-corrected chi connectivity index (χ1v) is 7.76. The van der Waals surface area contributed by atoms with Gasteiger partial charge in [-0.05, 0) is 57.5 Å². The minimum absolute atomic E-state index is 0. The molecule has 0 saturated carbocycles. The lowest BCUT2D eigenvalue weighted by molar-refractivity contribution is 0.102. The average Bonchev–Trinajstić information content (AvgIpc) is 2.93. The average molecular weight is 354 g/mol. The largest absolute Gasteiger partial charge is 0.320 e. The number of nitrogens with zero attached hydrogens (tertiary/aromatic N) is 3. The van der Waals surface area contributed by atoms with Crippen LogP contribution in [0, 0.1) is 19.7 Å². The van der Waals surface area contributed by atoms with Gasteiger partial charge in [0.2, 0.25) is 0 Å². The zero-order chi connectivity index (χ0) is 16.4. The van der Waals surface area contributed by atoms with Crippen molar-refractivity contribution in [1.29, 1.82) is 0 Å². The van der Waals surface area contributed by atoms with Crippen molar-refractivity contribution in [2.45, 2.75) is 32.7 Å². The molecule has 1 aliphatic rings. The molecule has 1 fully saturated rings. The second-order valence-corrected chi connectivity index (χ2v) is 5.87. The van der Waals surface area contributed by atoms with Gasteiger partial charge in [-0.25, -0.2) is 9.07 Å². The van der Waals surface area contributed by atoms with E-state index in [2.05, 4.69) is 20.9 Å². The minimum atomic E-state index is -0.370. The van der Waals surface area contributed by atoms with Crippen LogP contribution in [0.5, 0.6) is 0 Å². The maximum atomic E-state index is 13.6. The molecule has 1 aromatic carbocycles. The Labute approximate surface area is 146 Å². The fourth-order valence-electron chi connectivity index (χ4n) is 2.81. The summed E-state index contributed by atoms with van der Waals surface area (Å²) in [5, 5.41) is 14.1. The molecule has 24 heavy (non-hydrogen) atoms. The van der Waals surface area contributed by atoms with Gasteiger partial charge in [-0.3, -0.25) is 4.79 Å². The van der Waals surface area contributed by atoms with Crippen molar-refractivity contribution in [3.05, 3.63) is 41.0 Å². The molecule has 130 valence electrons. The van der Waals surface area contributed by atoms with E-state index in [1.165, 1.54) is 6.07 Å². The SMILES string of the molecule is Cc1ccc(NC(=O)c2nnn(C3CCNCC3)c2C)cc1F.Cl. The highest BCUT2D eigenvalue weighted by Crippen LogP contribution is 2.21. The Morgan fingerprint density at radius 2 is 2.04 bits per heavy atom. The second kappa shape index (κ2) is 7.72. The van der Waals surface area contributed by atoms with Crippen LogP contribution in [0.1, 0.15) is 40.6 Å². The summed E-state index contributed by atoms with van der Waals surface area (Å²) in [6, 6.07) is 4.87. The fourth-order valence-corrected chi connectivity index (χ4v) is 2.81. The van der Waals surface area contributed by atoms with Crippen LogP contribution in [-0.2, 0) is 0 Å². The Morgan fingerprint density at radius 3 is 2.71 bits per heavy atom. The summed E-state index contributed by atoms with van der Waals surface area (Å²) in [4.78, 5) is 12.4. The van der Waals surface area contributed by atoms with E-state index in [0.29, 0.717) is 11.3 Å². The van der Waals surface area contributed by atoms with E-state index in [1.807, 2.05) is 11.6 Å². The molecule has 0 aliphatic carbocycles. The lowest BCUT2D eigenvalue weighted by Gasteiger charge is -2.23.